The maximum absolute atomic E-state index is 12.1. The molecule has 0 bridgehead atoms. The van der Waals surface area contributed by atoms with Gasteiger partial charge in [-0.25, -0.2) is 9.97 Å². The molecule has 1 radical (unpaired) electrons. The van der Waals surface area contributed by atoms with Gasteiger partial charge in [-0.05, 0) is 18.2 Å². The van der Waals surface area contributed by atoms with E-state index in [2.05, 4.69) is 21.2 Å². The normalized spacial score (nSPS) is 10.3. The van der Waals surface area contributed by atoms with Crippen LogP contribution >= 0.6 is 0 Å². The summed E-state index contributed by atoms with van der Waals surface area (Å²) in [6.45, 7) is -0.116. The van der Waals surface area contributed by atoms with Crippen LogP contribution in [0.15, 0.2) is 42.7 Å². The molecule has 0 aliphatic carbocycles. The van der Waals surface area contributed by atoms with Crippen molar-refractivity contribution in [1.29, 1.82) is 0 Å². The van der Waals surface area contributed by atoms with E-state index in [0.717, 1.165) is 11.3 Å². The summed E-state index contributed by atoms with van der Waals surface area (Å²) in [5, 5.41) is 24.7. The molecular weight excluding hydrogens is 306 g/mol. The first-order valence-corrected chi connectivity index (χ1v) is 7.24. The van der Waals surface area contributed by atoms with E-state index in [1.54, 1.807) is 0 Å². The molecule has 119 valence electrons. The number of aliphatic hydroxyl groups excluding tert-OH is 1. The molecule has 2 aromatic carbocycles. The molecule has 0 atom stereocenters. The third kappa shape index (κ3) is 3.21. The van der Waals surface area contributed by atoms with E-state index in [1.165, 1.54) is 18.5 Å². The van der Waals surface area contributed by atoms with Gasteiger partial charge in [-0.3, -0.25) is 5.11 Å². The van der Waals surface area contributed by atoms with Gasteiger partial charge < -0.3 is 15.2 Å². The van der Waals surface area contributed by atoms with Crippen LogP contribution in [0, 0.1) is 12.3 Å². The van der Waals surface area contributed by atoms with Crippen LogP contribution in [-0.4, -0.2) is 28.3 Å². The molecule has 3 aromatic rings. The largest absolute Gasteiger partial charge is 0.487 e. The van der Waals surface area contributed by atoms with E-state index < -0.39 is 0 Å². The van der Waals surface area contributed by atoms with Crippen molar-refractivity contribution >= 4 is 22.4 Å². The molecule has 1 heterocycles. The minimum atomic E-state index is -0.300. The van der Waals surface area contributed by atoms with E-state index in [9.17, 15) is 5.11 Å². The second kappa shape index (κ2) is 6.86. The average molecular weight is 320 g/mol. The summed E-state index contributed by atoms with van der Waals surface area (Å²) in [5.74, 6) is 2.92. The van der Waals surface area contributed by atoms with Crippen LogP contribution in [0.1, 0.15) is 5.56 Å². The first-order valence-electron chi connectivity index (χ1n) is 7.24. The highest BCUT2D eigenvalue weighted by atomic mass is 16.5. The number of nitrogens with zero attached hydrogens (tertiary/aromatic N) is 2. The topological polar surface area (TPSA) is 87.2 Å². The number of ether oxygens (including phenoxy) is 1. The minimum Gasteiger partial charge on any atom is -0.487 e. The van der Waals surface area contributed by atoms with Gasteiger partial charge in [0.15, 0.2) is 5.75 Å². The average Bonchev–Trinajstić information content (AvgIpc) is 2.61. The summed E-state index contributed by atoms with van der Waals surface area (Å²) in [6, 6.07) is 10.3. The lowest BCUT2D eigenvalue weighted by atomic mass is 10.2. The molecule has 0 aliphatic heterocycles. The van der Waals surface area contributed by atoms with Crippen molar-refractivity contribution in [2.45, 2.75) is 0 Å². The van der Waals surface area contributed by atoms with E-state index >= 15 is 0 Å². The summed E-state index contributed by atoms with van der Waals surface area (Å²) >= 11 is 0. The van der Waals surface area contributed by atoms with E-state index in [-0.39, 0.29) is 24.7 Å². The Morgan fingerprint density at radius 3 is 2.92 bits per heavy atom. The Labute approximate surface area is 138 Å². The molecule has 1 aromatic heterocycles. The molecule has 0 fully saturated rings. The number of terminal acetylenes is 1. The summed E-state index contributed by atoms with van der Waals surface area (Å²) in [7, 11) is 0. The fraction of sp³-hybridized carbons (Fsp3) is 0.111. The molecule has 3 rings (SSSR count). The number of nitrogens with one attached hydrogen (secondary N) is 1. The van der Waals surface area contributed by atoms with E-state index in [1.807, 2.05) is 24.3 Å². The lowest BCUT2D eigenvalue weighted by Crippen LogP contribution is -2.02. The van der Waals surface area contributed by atoms with Gasteiger partial charge in [0.2, 0.25) is 5.75 Å². The third-order valence-electron chi connectivity index (χ3n) is 3.34. The summed E-state index contributed by atoms with van der Waals surface area (Å²) in [4.78, 5) is 8.36. The fourth-order valence-corrected chi connectivity index (χ4v) is 2.26. The Hall–Kier alpha value is -3.30. The van der Waals surface area contributed by atoms with Crippen molar-refractivity contribution in [2.75, 3.05) is 18.5 Å². The van der Waals surface area contributed by atoms with E-state index in [4.69, 9.17) is 16.3 Å². The smallest absolute Gasteiger partial charge is 0.221 e. The molecular formula is C18H14N3O3. The number of anilines is 2. The molecule has 0 spiro atoms. The van der Waals surface area contributed by atoms with Crippen LogP contribution in [-0.2, 0) is 5.11 Å². The molecule has 0 saturated heterocycles. The molecule has 0 saturated carbocycles. The predicted octanol–water partition coefficient (Wildman–Crippen LogP) is 2.87. The highest BCUT2D eigenvalue weighted by molar-refractivity contribution is 5.92. The van der Waals surface area contributed by atoms with Crippen molar-refractivity contribution in [3.05, 3.63) is 48.3 Å². The van der Waals surface area contributed by atoms with Gasteiger partial charge in [-0.15, -0.1) is 6.42 Å². The summed E-state index contributed by atoms with van der Waals surface area (Å²) in [6.07, 6.45) is 6.80. The van der Waals surface area contributed by atoms with Crippen LogP contribution in [0.3, 0.4) is 0 Å². The first kappa shape index (κ1) is 15.6. The SMILES string of the molecule is C#Cc1cccc(Nc2ncnc3cc(OCCO)c([O])cc23)c1. The molecule has 6 nitrogen and oxygen atoms in total. The molecule has 2 N–H and O–H groups in total. The number of fused-ring (bicyclic) bond motifs is 1. The lowest BCUT2D eigenvalue weighted by molar-refractivity contribution is 0.193. The number of hydrogen-bond acceptors (Lipinski definition) is 5. The van der Waals surface area contributed by atoms with Crippen molar-refractivity contribution in [2.24, 2.45) is 0 Å². The van der Waals surface area contributed by atoms with Gasteiger partial charge >= 0.3 is 0 Å². The van der Waals surface area contributed by atoms with Crippen molar-refractivity contribution in [1.82, 2.24) is 9.97 Å². The quantitative estimate of drug-likeness (QED) is 0.706. The number of aromatic nitrogens is 2. The van der Waals surface area contributed by atoms with Gasteiger partial charge in [0.05, 0.1) is 12.1 Å². The summed E-state index contributed by atoms with van der Waals surface area (Å²) in [5.41, 5.74) is 2.06. The van der Waals surface area contributed by atoms with Crippen LogP contribution in [0.25, 0.3) is 10.9 Å². The van der Waals surface area contributed by atoms with Gasteiger partial charge in [0.1, 0.15) is 18.8 Å². The number of benzene rings is 2. The predicted molar refractivity (Wildman–Crippen MR) is 89.9 cm³/mol. The van der Waals surface area contributed by atoms with Crippen LogP contribution in [0.5, 0.6) is 11.5 Å². The van der Waals surface area contributed by atoms with Crippen molar-refractivity contribution in [3.8, 4) is 23.8 Å². The Morgan fingerprint density at radius 1 is 1.25 bits per heavy atom. The zero-order chi connectivity index (χ0) is 16.9. The summed E-state index contributed by atoms with van der Waals surface area (Å²) < 4.78 is 5.22. The molecule has 24 heavy (non-hydrogen) atoms. The Kier molecular flexibility index (Phi) is 4.45. The lowest BCUT2D eigenvalue weighted by Gasteiger charge is -2.10. The molecule has 6 heteroatoms. The first-order chi connectivity index (χ1) is 11.7. The highest BCUT2D eigenvalue weighted by Gasteiger charge is 2.12. The Morgan fingerprint density at radius 2 is 2.12 bits per heavy atom. The second-order valence-electron chi connectivity index (χ2n) is 4.96. The monoisotopic (exact) mass is 320 g/mol. The standard InChI is InChI=1S/C18H14N3O3/c1-2-12-4-3-5-13(8-12)21-18-14-9-16(23)17(24-7-6-22)10-15(14)19-11-20-18/h1,3-5,8-11,22H,6-7H2,(H,19,20,21). The zero-order valence-corrected chi connectivity index (χ0v) is 12.7. The number of aliphatic hydroxyl groups is 1. The van der Waals surface area contributed by atoms with Crippen molar-refractivity contribution in [3.63, 3.8) is 0 Å². The maximum Gasteiger partial charge on any atom is 0.221 e. The highest BCUT2D eigenvalue weighted by Crippen LogP contribution is 2.34. The number of rotatable bonds is 5. The third-order valence-corrected chi connectivity index (χ3v) is 3.34. The van der Waals surface area contributed by atoms with Gasteiger partial charge in [0.25, 0.3) is 0 Å². The molecule has 0 unspecified atom stereocenters. The van der Waals surface area contributed by atoms with Crippen molar-refractivity contribution < 1.29 is 14.9 Å². The van der Waals surface area contributed by atoms with Gasteiger partial charge in [-0.1, -0.05) is 12.0 Å². The Bertz CT molecular complexity index is 919. The Balaban J connectivity index is 1.99. The second-order valence-corrected chi connectivity index (χ2v) is 4.96. The van der Waals surface area contributed by atoms with Crippen LogP contribution in [0.2, 0.25) is 0 Å². The fourth-order valence-electron chi connectivity index (χ4n) is 2.26. The molecule has 0 amide bonds. The van der Waals surface area contributed by atoms with Gasteiger partial charge in [0, 0.05) is 28.8 Å². The molecule has 0 aliphatic rings. The van der Waals surface area contributed by atoms with E-state index in [0.29, 0.717) is 16.7 Å². The maximum atomic E-state index is 12.1. The zero-order valence-electron chi connectivity index (χ0n) is 12.7. The number of hydrogen-bond donors (Lipinski definition) is 2. The van der Waals surface area contributed by atoms with Crippen LogP contribution in [0.4, 0.5) is 11.5 Å². The minimum absolute atomic E-state index is 0.0514. The van der Waals surface area contributed by atoms with Gasteiger partial charge in [-0.2, -0.15) is 0 Å². The van der Waals surface area contributed by atoms with Crippen LogP contribution < -0.4 is 10.1 Å².